The van der Waals surface area contributed by atoms with Crippen molar-refractivity contribution < 1.29 is 14.0 Å². The van der Waals surface area contributed by atoms with E-state index in [1.807, 2.05) is 24.3 Å². The van der Waals surface area contributed by atoms with Crippen molar-refractivity contribution in [2.24, 2.45) is 4.99 Å². The molecule has 150 valence electrons. The van der Waals surface area contributed by atoms with Crippen LogP contribution >= 0.6 is 11.8 Å². The smallest absolute Gasteiger partial charge is 0.242 e. The molecule has 1 aliphatic heterocycles. The fraction of sp³-hybridized carbons (Fsp3) is 0.227. The van der Waals surface area contributed by atoms with Crippen molar-refractivity contribution in [1.82, 2.24) is 4.90 Å². The average molecular weight is 412 g/mol. The van der Waals surface area contributed by atoms with E-state index >= 15 is 0 Å². The lowest BCUT2D eigenvalue weighted by Crippen LogP contribution is -2.33. The maximum absolute atomic E-state index is 13.0. The Morgan fingerprint density at radius 3 is 2.55 bits per heavy atom. The van der Waals surface area contributed by atoms with Gasteiger partial charge in [-0.3, -0.25) is 14.5 Å². The zero-order valence-electron chi connectivity index (χ0n) is 16.1. The van der Waals surface area contributed by atoms with Gasteiger partial charge in [-0.05, 0) is 48.4 Å². The largest absolute Gasteiger partial charge is 0.326 e. The third-order valence-electron chi connectivity index (χ3n) is 4.40. The SMILES string of the molecule is C=CCN1C(=O)[C@@H](CC(=O)Nc2ccc(F)cc2)SC1=Nc1ccc(CC)cc1. The van der Waals surface area contributed by atoms with Gasteiger partial charge in [-0.15, -0.1) is 6.58 Å². The summed E-state index contributed by atoms with van der Waals surface area (Å²) in [5.41, 5.74) is 2.45. The number of aliphatic imine (C=N–C) groups is 1. The van der Waals surface area contributed by atoms with Gasteiger partial charge in [0.1, 0.15) is 11.1 Å². The topological polar surface area (TPSA) is 61.8 Å². The van der Waals surface area contributed by atoms with Crippen molar-refractivity contribution >= 4 is 40.1 Å². The summed E-state index contributed by atoms with van der Waals surface area (Å²) in [6, 6.07) is 13.3. The molecule has 1 aliphatic rings. The second-order valence-electron chi connectivity index (χ2n) is 6.52. The highest BCUT2D eigenvalue weighted by atomic mass is 32.2. The number of hydrogen-bond donors (Lipinski definition) is 1. The minimum Gasteiger partial charge on any atom is -0.326 e. The summed E-state index contributed by atoms with van der Waals surface area (Å²) in [5, 5.41) is 2.68. The average Bonchev–Trinajstić information content (AvgIpc) is 2.99. The molecule has 2 amide bonds. The molecule has 0 unspecified atom stereocenters. The lowest BCUT2D eigenvalue weighted by molar-refractivity contribution is -0.127. The fourth-order valence-corrected chi connectivity index (χ4v) is 4.02. The van der Waals surface area contributed by atoms with Gasteiger partial charge < -0.3 is 5.32 Å². The van der Waals surface area contributed by atoms with Crippen molar-refractivity contribution in [3.8, 4) is 0 Å². The number of halogens is 1. The number of nitrogens with zero attached hydrogens (tertiary/aromatic N) is 2. The van der Waals surface area contributed by atoms with Gasteiger partial charge in [0.2, 0.25) is 11.8 Å². The summed E-state index contributed by atoms with van der Waals surface area (Å²) >= 11 is 1.27. The summed E-state index contributed by atoms with van der Waals surface area (Å²) in [5.74, 6) is -0.861. The number of rotatable bonds is 7. The van der Waals surface area contributed by atoms with Crippen LogP contribution in [-0.4, -0.2) is 33.7 Å². The van der Waals surface area contributed by atoms with Crippen LogP contribution in [0.3, 0.4) is 0 Å². The van der Waals surface area contributed by atoms with Gasteiger partial charge >= 0.3 is 0 Å². The summed E-state index contributed by atoms with van der Waals surface area (Å²) in [6.07, 6.45) is 2.58. The van der Waals surface area contributed by atoms with Crippen molar-refractivity contribution in [3.05, 3.63) is 72.6 Å². The highest BCUT2D eigenvalue weighted by Gasteiger charge is 2.38. The van der Waals surface area contributed by atoms with Crippen LogP contribution in [0.15, 0.2) is 66.2 Å². The third kappa shape index (κ3) is 5.32. The van der Waals surface area contributed by atoms with Gasteiger partial charge in [0.25, 0.3) is 0 Å². The van der Waals surface area contributed by atoms with E-state index in [0.717, 1.165) is 12.1 Å². The Labute approximate surface area is 173 Å². The summed E-state index contributed by atoms with van der Waals surface area (Å²) in [6.45, 7) is 6.11. The third-order valence-corrected chi connectivity index (χ3v) is 5.58. The summed E-state index contributed by atoms with van der Waals surface area (Å²) in [4.78, 5) is 31.3. The first-order valence-electron chi connectivity index (χ1n) is 9.32. The van der Waals surface area contributed by atoms with Crippen LogP contribution in [0.2, 0.25) is 0 Å². The van der Waals surface area contributed by atoms with Crippen molar-refractivity contribution in [2.75, 3.05) is 11.9 Å². The van der Waals surface area contributed by atoms with E-state index in [1.165, 1.54) is 41.6 Å². The van der Waals surface area contributed by atoms with E-state index in [0.29, 0.717) is 17.4 Å². The molecule has 5 nitrogen and oxygen atoms in total. The molecule has 0 saturated carbocycles. The maximum atomic E-state index is 13.0. The molecule has 7 heteroatoms. The fourth-order valence-electron chi connectivity index (χ4n) is 2.85. The van der Waals surface area contributed by atoms with Gasteiger partial charge in [-0.1, -0.05) is 36.9 Å². The van der Waals surface area contributed by atoms with Crippen LogP contribution < -0.4 is 5.32 Å². The van der Waals surface area contributed by atoms with Crippen molar-refractivity contribution in [1.29, 1.82) is 0 Å². The number of anilines is 1. The van der Waals surface area contributed by atoms with Gasteiger partial charge in [-0.2, -0.15) is 0 Å². The Bertz CT molecular complexity index is 926. The molecule has 1 N–H and O–H groups in total. The number of carbonyl (C=O) groups excluding carboxylic acids is 2. The summed E-state index contributed by atoms with van der Waals surface area (Å²) < 4.78 is 13.0. The van der Waals surface area contributed by atoms with E-state index in [-0.39, 0.29) is 24.1 Å². The number of amidine groups is 1. The lowest BCUT2D eigenvalue weighted by atomic mass is 10.2. The van der Waals surface area contributed by atoms with E-state index in [9.17, 15) is 14.0 Å². The molecule has 0 bridgehead atoms. The van der Waals surface area contributed by atoms with Crippen LogP contribution in [0.25, 0.3) is 0 Å². The zero-order chi connectivity index (χ0) is 20.8. The first-order valence-corrected chi connectivity index (χ1v) is 10.2. The van der Waals surface area contributed by atoms with Gasteiger partial charge in [0.05, 0.1) is 5.69 Å². The molecule has 0 spiro atoms. The molecular weight excluding hydrogens is 389 g/mol. The monoisotopic (exact) mass is 411 g/mol. The second kappa shape index (κ2) is 9.52. The molecular formula is C22H22FN3O2S. The predicted octanol–water partition coefficient (Wildman–Crippen LogP) is 4.53. The molecule has 3 rings (SSSR count). The van der Waals surface area contributed by atoms with Crippen molar-refractivity contribution in [3.63, 3.8) is 0 Å². The molecule has 0 aliphatic carbocycles. The lowest BCUT2D eigenvalue weighted by Gasteiger charge is -2.13. The maximum Gasteiger partial charge on any atom is 0.242 e. The number of hydrogen-bond acceptors (Lipinski definition) is 4. The highest BCUT2D eigenvalue weighted by Crippen LogP contribution is 2.32. The molecule has 1 atom stereocenters. The Hall–Kier alpha value is -2.93. The van der Waals surface area contributed by atoms with Crippen LogP contribution in [0.5, 0.6) is 0 Å². The molecule has 2 aromatic rings. The Kier molecular flexibility index (Phi) is 6.82. The molecule has 29 heavy (non-hydrogen) atoms. The number of amides is 2. The molecule has 2 aromatic carbocycles. The van der Waals surface area contributed by atoms with Gasteiger partial charge in [0.15, 0.2) is 5.17 Å². The Morgan fingerprint density at radius 1 is 1.24 bits per heavy atom. The number of aryl methyl sites for hydroxylation is 1. The Morgan fingerprint density at radius 2 is 1.93 bits per heavy atom. The predicted molar refractivity (Wildman–Crippen MR) is 116 cm³/mol. The molecule has 0 aromatic heterocycles. The van der Waals surface area contributed by atoms with E-state index in [2.05, 4.69) is 23.8 Å². The quantitative estimate of drug-likeness (QED) is 0.681. The van der Waals surface area contributed by atoms with Crippen LogP contribution in [-0.2, 0) is 16.0 Å². The first-order chi connectivity index (χ1) is 14.0. The number of nitrogens with one attached hydrogen (secondary N) is 1. The van der Waals surface area contributed by atoms with Crippen LogP contribution in [0, 0.1) is 5.82 Å². The standard InChI is InChI=1S/C22H22FN3O2S/c1-3-13-26-21(28)19(14-20(27)24-17-11-7-16(23)8-12-17)29-22(26)25-18-9-5-15(4-2)6-10-18/h3,5-12,19H,1,4,13-14H2,2H3,(H,24,27)/t19-/m1/s1. The highest BCUT2D eigenvalue weighted by molar-refractivity contribution is 8.15. The van der Waals surface area contributed by atoms with Gasteiger partial charge in [-0.25, -0.2) is 9.38 Å². The van der Waals surface area contributed by atoms with E-state index in [1.54, 1.807) is 11.0 Å². The van der Waals surface area contributed by atoms with Gasteiger partial charge in [0, 0.05) is 18.7 Å². The normalized spacial score (nSPS) is 17.6. The number of benzene rings is 2. The zero-order valence-corrected chi connectivity index (χ0v) is 16.9. The Balaban J connectivity index is 1.71. The van der Waals surface area contributed by atoms with Crippen molar-refractivity contribution in [2.45, 2.75) is 25.0 Å². The van der Waals surface area contributed by atoms with Crippen LogP contribution in [0.4, 0.5) is 15.8 Å². The minimum atomic E-state index is -0.566. The number of thioether (sulfide) groups is 1. The minimum absolute atomic E-state index is 0.00229. The molecule has 0 radical (unpaired) electrons. The molecule has 1 fully saturated rings. The first kappa shape index (κ1) is 20.8. The van der Waals surface area contributed by atoms with E-state index < -0.39 is 5.25 Å². The second-order valence-corrected chi connectivity index (χ2v) is 7.69. The molecule has 1 heterocycles. The number of carbonyl (C=O) groups is 2. The summed E-state index contributed by atoms with van der Waals surface area (Å²) in [7, 11) is 0. The molecule has 1 saturated heterocycles. The van der Waals surface area contributed by atoms with Crippen LogP contribution in [0.1, 0.15) is 18.9 Å². The van der Waals surface area contributed by atoms with E-state index in [4.69, 9.17) is 0 Å².